The van der Waals surface area contributed by atoms with Gasteiger partial charge in [-0.3, -0.25) is 19.5 Å². The van der Waals surface area contributed by atoms with Crippen LogP contribution in [0, 0.1) is 10.1 Å². The van der Waals surface area contributed by atoms with Crippen molar-refractivity contribution in [2.75, 3.05) is 6.54 Å². The molecule has 28 heavy (non-hydrogen) atoms. The number of nitrogens with one attached hydrogen (secondary N) is 1. The predicted molar refractivity (Wildman–Crippen MR) is 102 cm³/mol. The molecule has 0 radical (unpaired) electrons. The van der Waals surface area contributed by atoms with Crippen molar-refractivity contribution in [1.82, 2.24) is 9.88 Å². The lowest BCUT2D eigenvalue weighted by molar-refractivity contribution is -0.384. The molecule has 0 saturated heterocycles. The first-order valence-electron chi connectivity index (χ1n) is 9.09. The van der Waals surface area contributed by atoms with Crippen molar-refractivity contribution in [2.45, 2.75) is 31.2 Å². The first-order valence-corrected chi connectivity index (χ1v) is 9.09. The summed E-state index contributed by atoms with van der Waals surface area (Å²) < 4.78 is 6.21. The van der Waals surface area contributed by atoms with Gasteiger partial charge in [-0.15, -0.1) is 0 Å². The number of nitro benzene ring substituents is 1. The van der Waals surface area contributed by atoms with Gasteiger partial charge in [-0.2, -0.15) is 0 Å². The van der Waals surface area contributed by atoms with E-state index in [1.54, 1.807) is 0 Å². The number of nitro groups is 1. The monoisotopic (exact) mass is 381 g/mol. The highest BCUT2D eigenvalue weighted by Gasteiger charge is 2.38. The number of aromatic nitrogens is 1. The standard InChI is InChI=1S/C20H19N3O5/c24-18(21-13-20(9-4-10-20)14-5-2-1-3-6-14)12-22-16-11-15(23(26)27)7-8-17(16)28-19(22)25/h1-3,5-8,11H,4,9-10,12-13H2,(H,21,24). The Kier molecular flexibility index (Phi) is 4.46. The Hall–Kier alpha value is -3.42. The van der Waals surface area contributed by atoms with Gasteiger partial charge in [0.25, 0.3) is 5.69 Å². The molecule has 1 aliphatic carbocycles. The van der Waals surface area contributed by atoms with Crippen LogP contribution in [-0.2, 0) is 16.8 Å². The molecular formula is C20H19N3O5. The second-order valence-electron chi connectivity index (χ2n) is 7.14. The summed E-state index contributed by atoms with van der Waals surface area (Å²) in [7, 11) is 0. The SMILES string of the molecule is O=C(Cn1c(=O)oc2ccc([N+](=O)[O-])cc21)NCC1(c2ccccc2)CCC1. The summed E-state index contributed by atoms with van der Waals surface area (Å²) in [6.07, 6.45) is 3.11. The molecule has 0 unspecified atom stereocenters. The molecule has 144 valence electrons. The number of oxazole rings is 1. The first-order chi connectivity index (χ1) is 13.5. The lowest BCUT2D eigenvalue weighted by Crippen LogP contribution is -2.46. The maximum atomic E-state index is 12.5. The molecule has 0 spiro atoms. The predicted octanol–water partition coefficient (Wildman–Crippen LogP) is 2.74. The van der Waals surface area contributed by atoms with E-state index in [1.807, 2.05) is 18.2 Å². The van der Waals surface area contributed by atoms with Crippen LogP contribution >= 0.6 is 0 Å². The van der Waals surface area contributed by atoms with Crippen molar-refractivity contribution >= 4 is 22.7 Å². The number of carbonyl (C=O) groups is 1. The molecule has 8 heteroatoms. The third-order valence-electron chi connectivity index (χ3n) is 5.48. The average Bonchev–Trinajstić information content (AvgIpc) is 2.96. The number of amides is 1. The summed E-state index contributed by atoms with van der Waals surface area (Å²) >= 11 is 0. The summed E-state index contributed by atoms with van der Waals surface area (Å²) in [5, 5.41) is 13.9. The minimum absolute atomic E-state index is 0.0703. The van der Waals surface area contributed by atoms with Gasteiger partial charge < -0.3 is 9.73 Å². The molecule has 1 N–H and O–H groups in total. The number of non-ortho nitro benzene ring substituents is 1. The number of benzene rings is 2. The van der Waals surface area contributed by atoms with E-state index in [9.17, 15) is 19.7 Å². The van der Waals surface area contributed by atoms with Gasteiger partial charge in [0.2, 0.25) is 5.91 Å². The van der Waals surface area contributed by atoms with Crippen molar-refractivity contribution in [3.63, 3.8) is 0 Å². The molecule has 0 bridgehead atoms. The van der Waals surface area contributed by atoms with Gasteiger partial charge >= 0.3 is 5.76 Å². The molecule has 1 amide bonds. The van der Waals surface area contributed by atoms with Gasteiger partial charge in [0.05, 0.1) is 10.4 Å². The van der Waals surface area contributed by atoms with Gasteiger partial charge in [0.1, 0.15) is 6.54 Å². The van der Waals surface area contributed by atoms with E-state index < -0.39 is 10.7 Å². The van der Waals surface area contributed by atoms with Gasteiger partial charge in [-0.25, -0.2) is 4.79 Å². The van der Waals surface area contributed by atoms with E-state index in [2.05, 4.69) is 17.4 Å². The summed E-state index contributed by atoms with van der Waals surface area (Å²) in [6.45, 7) is 0.235. The minimum atomic E-state index is -0.716. The number of hydrogen-bond donors (Lipinski definition) is 1. The van der Waals surface area contributed by atoms with Crippen LogP contribution < -0.4 is 11.1 Å². The summed E-state index contributed by atoms with van der Waals surface area (Å²) in [4.78, 5) is 35.0. The number of carbonyl (C=O) groups excluding carboxylic acids is 1. The van der Waals surface area contributed by atoms with Crippen LogP contribution in [0.15, 0.2) is 57.7 Å². The van der Waals surface area contributed by atoms with Gasteiger partial charge in [-0.1, -0.05) is 36.8 Å². The van der Waals surface area contributed by atoms with Crippen molar-refractivity contribution in [3.8, 4) is 0 Å². The fourth-order valence-electron chi connectivity index (χ4n) is 3.74. The van der Waals surface area contributed by atoms with Gasteiger partial charge in [-0.05, 0) is 24.5 Å². The van der Waals surface area contributed by atoms with Crippen LogP contribution in [0.5, 0.6) is 0 Å². The lowest BCUT2D eigenvalue weighted by atomic mass is 9.64. The van der Waals surface area contributed by atoms with Crippen molar-refractivity contribution < 1.29 is 14.1 Å². The summed E-state index contributed by atoms with van der Waals surface area (Å²) in [6, 6.07) is 13.9. The molecule has 1 fully saturated rings. The highest BCUT2D eigenvalue weighted by molar-refractivity contribution is 5.80. The molecule has 2 aromatic carbocycles. The van der Waals surface area contributed by atoms with E-state index in [4.69, 9.17) is 4.42 Å². The smallest absolute Gasteiger partial charge is 0.408 e. The zero-order chi connectivity index (χ0) is 19.7. The number of nitrogens with zero attached hydrogens (tertiary/aromatic N) is 2. The Morgan fingerprint density at radius 3 is 2.61 bits per heavy atom. The lowest BCUT2D eigenvalue weighted by Gasteiger charge is -2.42. The molecule has 4 rings (SSSR count). The second-order valence-corrected chi connectivity index (χ2v) is 7.14. The topological polar surface area (TPSA) is 107 Å². The van der Waals surface area contributed by atoms with E-state index >= 15 is 0 Å². The summed E-state index contributed by atoms with van der Waals surface area (Å²) in [5.74, 6) is -1.05. The molecule has 0 aliphatic heterocycles. The molecule has 1 heterocycles. The van der Waals surface area contributed by atoms with Crippen LogP contribution in [0.1, 0.15) is 24.8 Å². The van der Waals surface area contributed by atoms with Crippen LogP contribution in [0.25, 0.3) is 11.1 Å². The van der Waals surface area contributed by atoms with E-state index in [0.29, 0.717) is 6.54 Å². The van der Waals surface area contributed by atoms with Gasteiger partial charge in [0.15, 0.2) is 5.58 Å². The van der Waals surface area contributed by atoms with Crippen LogP contribution in [0.3, 0.4) is 0 Å². The Morgan fingerprint density at radius 2 is 1.96 bits per heavy atom. The maximum absolute atomic E-state index is 12.5. The average molecular weight is 381 g/mol. The maximum Gasteiger partial charge on any atom is 0.420 e. The third-order valence-corrected chi connectivity index (χ3v) is 5.48. The zero-order valence-electron chi connectivity index (χ0n) is 15.1. The van der Waals surface area contributed by atoms with Crippen molar-refractivity contribution in [1.29, 1.82) is 0 Å². The molecular weight excluding hydrogens is 362 g/mol. The fraction of sp³-hybridized carbons (Fsp3) is 0.300. The van der Waals surface area contributed by atoms with E-state index in [-0.39, 0.29) is 34.7 Å². The van der Waals surface area contributed by atoms with Crippen LogP contribution in [0.4, 0.5) is 5.69 Å². The van der Waals surface area contributed by atoms with Crippen LogP contribution in [-0.4, -0.2) is 21.9 Å². The van der Waals surface area contributed by atoms with E-state index in [0.717, 1.165) is 23.8 Å². The number of rotatable bonds is 6. The Morgan fingerprint density at radius 1 is 1.21 bits per heavy atom. The second kappa shape index (κ2) is 6.95. The minimum Gasteiger partial charge on any atom is -0.408 e. The quantitative estimate of drug-likeness (QED) is 0.522. The molecule has 8 nitrogen and oxygen atoms in total. The Balaban J connectivity index is 1.51. The van der Waals surface area contributed by atoms with E-state index in [1.165, 1.54) is 23.8 Å². The highest BCUT2D eigenvalue weighted by atomic mass is 16.6. The highest BCUT2D eigenvalue weighted by Crippen LogP contribution is 2.43. The Labute approximate surface area is 159 Å². The number of hydrogen-bond acceptors (Lipinski definition) is 5. The molecule has 1 saturated carbocycles. The molecule has 0 atom stereocenters. The fourth-order valence-corrected chi connectivity index (χ4v) is 3.74. The molecule has 1 aliphatic rings. The molecule has 3 aromatic rings. The summed E-state index contributed by atoms with van der Waals surface area (Å²) in [5.41, 5.74) is 1.40. The largest absolute Gasteiger partial charge is 0.420 e. The van der Waals surface area contributed by atoms with Crippen LogP contribution in [0.2, 0.25) is 0 Å². The van der Waals surface area contributed by atoms with Crippen molar-refractivity contribution in [3.05, 3.63) is 74.8 Å². The first kappa shape index (κ1) is 18.0. The third kappa shape index (κ3) is 3.17. The normalized spacial score (nSPS) is 15.1. The molecule has 1 aromatic heterocycles. The Bertz CT molecular complexity index is 1100. The zero-order valence-corrected chi connectivity index (χ0v) is 15.1. The van der Waals surface area contributed by atoms with Crippen molar-refractivity contribution in [2.24, 2.45) is 0 Å². The van der Waals surface area contributed by atoms with Gasteiger partial charge in [0, 0.05) is 24.1 Å². The number of fused-ring (bicyclic) bond motifs is 1.